The molecule has 0 radical (unpaired) electrons. The van der Waals surface area contributed by atoms with Crippen molar-refractivity contribution in [3.05, 3.63) is 58.8 Å². The summed E-state index contributed by atoms with van der Waals surface area (Å²) in [5, 5.41) is 10.2. The molecule has 2 aromatic carbocycles. The van der Waals surface area contributed by atoms with E-state index < -0.39 is 40.8 Å². The minimum atomic E-state index is -5.18. The van der Waals surface area contributed by atoms with Crippen molar-refractivity contribution >= 4 is 49.8 Å². The minimum Gasteiger partial charge on any atom is -0.497 e. The van der Waals surface area contributed by atoms with Gasteiger partial charge in [-0.05, 0) is 52.9 Å². The number of hydrogen-bond acceptors (Lipinski definition) is 8. The van der Waals surface area contributed by atoms with Gasteiger partial charge in [-0.3, -0.25) is 10.2 Å². The molecule has 1 atom stereocenters. The number of amides is 1. The Hall–Kier alpha value is -3.69. The van der Waals surface area contributed by atoms with Gasteiger partial charge in [-0.25, -0.2) is 13.2 Å². The summed E-state index contributed by atoms with van der Waals surface area (Å²) >= 11 is 1.48. The van der Waals surface area contributed by atoms with E-state index in [1.54, 1.807) is 24.3 Å². The number of nitrogens with two attached hydrogens (primary N) is 1. The molecule has 1 unspecified atom stereocenters. The van der Waals surface area contributed by atoms with Gasteiger partial charge in [-0.2, -0.15) is 17.9 Å². The number of hydrogen-bond donors (Lipinski definition) is 3. The first kappa shape index (κ1) is 28.9. The van der Waals surface area contributed by atoms with Crippen molar-refractivity contribution in [2.24, 2.45) is 5.73 Å². The zero-order valence-corrected chi connectivity index (χ0v) is 21.5. The van der Waals surface area contributed by atoms with Crippen LogP contribution in [0.5, 0.6) is 5.75 Å². The van der Waals surface area contributed by atoms with E-state index in [1.807, 2.05) is 17.5 Å². The van der Waals surface area contributed by atoms with Crippen LogP contribution in [0.4, 0.5) is 13.2 Å². The molecule has 2 heterocycles. The second-order valence-corrected chi connectivity index (χ2v) is 10.6. The lowest BCUT2D eigenvalue weighted by molar-refractivity contribution is -0.203. The summed E-state index contributed by atoms with van der Waals surface area (Å²) in [5.74, 6) is -2.51. The maximum Gasteiger partial charge on any atom is 0.490 e. The van der Waals surface area contributed by atoms with Crippen molar-refractivity contribution in [1.82, 2.24) is 9.62 Å². The minimum absolute atomic E-state index is 0.0169. The Balaban J connectivity index is 0.000000427. The number of benzene rings is 2. The molecule has 38 heavy (non-hydrogen) atoms. The number of amidine groups is 1. The molecule has 1 aromatic heterocycles. The Morgan fingerprint density at radius 3 is 2.50 bits per heavy atom. The van der Waals surface area contributed by atoms with Gasteiger partial charge in [-0.1, -0.05) is 18.2 Å². The van der Waals surface area contributed by atoms with E-state index in [4.69, 9.17) is 15.9 Å². The predicted molar refractivity (Wildman–Crippen MR) is 133 cm³/mol. The van der Waals surface area contributed by atoms with Gasteiger partial charge in [0.25, 0.3) is 0 Å². The van der Waals surface area contributed by atoms with Crippen molar-refractivity contribution in [3.63, 3.8) is 0 Å². The van der Waals surface area contributed by atoms with Gasteiger partial charge in [0.1, 0.15) is 17.6 Å². The van der Waals surface area contributed by atoms with Crippen LogP contribution in [0.3, 0.4) is 0 Å². The predicted octanol–water partition coefficient (Wildman–Crippen LogP) is 2.82. The molecular weight excluding hydrogens is 549 g/mol. The number of methoxy groups -OCH3 is 1. The number of likely N-dealkylation sites (tertiary alicyclic amines) is 1. The Morgan fingerprint density at radius 1 is 1.21 bits per heavy atom. The summed E-state index contributed by atoms with van der Waals surface area (Å²) in [7, 11) is -2.61. The van der Waals surface area contributed by atoms with Crippen molar-refractivity contribution in [2.75, 3.05) is 20.4 Å². The normalized spacial score (nSPS) is 15.6. The molecule has 1 fully saturated rings. The van der Waals surface area contributed by atoms with Gasteiger partial charge in [-0.15, -0.1) is 11.3 Å². The van der Waals surface area contributed by atoms with Crippen LogP contribution in [-0.4, -0.2) is 63.6 Å². The molecule has 3 aromatic rings. The van der Waals surface area contributed by atoms with Crippen LogP contribution in [0.25, 0.3) is 10.8 Å². The van der Waals surface area contributed by atoms with Crippen LogP contribution in [0.15, 0.2) is 58.8 Å². The van der Waals surface area contributed by atoms with Crippen LogP contribution in [0.2, 0.25) is 0 Å². The zero-order chi connectivity index (χ0) is 28.1. The summed E-state index contributed by atoms with van der Waals surface area (Å²) < 4.78 is 73.4. The number of ether oxygens (including phenoxy) is 2. The Morgan fingerprint density at radius 2 is 1.92 bits per heavy atom. The Kier molecular flexibility index (Phi) is 8.96. The number of nitrogen functional groups attached to an aromatic ring is 1. The summed E-state index contributed by atoms with van der Waals surface area (Å²) in [6.07, 6.45) is -5.16. The quantitative estimate of drug-likeness (QED) is 0.224. The van der Waals surface area contributed by atoms with Gasteiger partial charge in [0.15, 0.2) is 6.73 Å². The molecule has 4 rings (SSSR count). The highest BCUT2D eigenvalue weighted by Gasteiger charge is 2.42. The van der Waals surface area contributed by atoms with Crippen LogP contribution < -0.4 is 15.2 Å². The number of esters is 1. The maximum atomic E-state index is 12.7. The second-order valence-electron chi connectivity index (χ2n) is 7.89. The summed E-state index contributed by atoms with van der Waals surface area (Å²) in [5.41, 5.74) is 5.15. The zero-order valence-electron chi connectivity index (χ0n) is 19.8. The van der Waals surface area contributed by atoms with Crippen LogP contribution >= 0.6 is 11.3 Å². The van der Waals surface area contributed by atoms with Gasteiger partial charge < -0.3 is 20.1 Å². The topological polar surface area (TPSA) is 152 Å². The fraction of sp³-hybridized carbons (Fsp3) is 0.261. The Bertz CT molecular complexity index is 1430. The number of fused-ring (bicyclic) bond motifs is 1. The fourth-order valence-electron chi connectivity index (χ4n) is 3.38. The number of halogens is 3. The number of rotatable bonds is 7. The first-order valence-electron chi connectivity index (χ1n) is 10.8. The molecule has 1 amide bonds. The van der Waals surface area contributed by atoms with Crippen LogP contribution in [0.1, 0.15) is 11.3 Å². The second kappa shape index (κ2) is 11.8. The molecule has 10 nitrogen and oxygen atoms in total. The molecule has 0 saturated carbocycles. The molecule has 1 aliphatic rings. The number of thiophene rings is 1. The first-order valence-corrected chi connectivity index (χ1v) is 13.2. The molecule has 1 aliphatic heterocycles. The molecule has 4 N–H and O–H groups in total. The van der Waals surface area contributed by atoms with E-state index in [2.05, 4.69) is 9.46 Å². The van der Waals surface area contributed by atoms with Crippen molar-refractivity contribution in [2.45, 2.75) is 23.5 Å². The fourth-order valence-corrected chi connectivity index (χ4v) is 5.23. The summed E-state index contributed by atoms with van der Waals surface area (Å²) in [6.45, 7) is -0.975. The van der Waals surface area contributed by atoms with Gasteiger partial charge in [0.2, 0.25) is 15.9 Å². The standard InChI is InChI=1S/C18H17F3N2O6S.C5H6N2S/c1-28-13-4-2-11-3-5-14(9-12(11)8-13)30(26,27)22-15-6-7-23(16(15)24)10-29-17(25)18(19,20)21;6-5(7)4-2-1-3-8-4/h2-5,8-9,15,22H,6-7,10H2,1H3;1-3H,(H3,6,7). The number of nitrogens with one attached hydrogen (secondary N) is 2. The molecule has 1 saturated heterocycles. The molecule has 0 spiro atoms. The molecule has 0 aliphatic carbocycles. The first-order chi connectivity index (χ1) is 17.8. The maximum absolute atomic E-state index is 12.7. The highest BCUT2D eigenvalue weighted by Crippen LogP contribution is 2.25. The average molecular weight is 573 g/mol. The van der Waals surface area contributed by atoms with E-state index in [1.165, 1.54) is 30.6 Å². The lowest BCUT2D eigenvalue weighted by Crippen LogP contribution is -2.42. The molecule has 204 valence electrons. The van der Waals surface area contributed by atoms with Crippen molar-refractivity contribution < 1.29 is 40.7 Å². The third kappa shape index (κ3) is 7.20. The highest BCUT2D eigenvalue weighted by atomic mass is 32.2. The van der Waals surface area contributed by atoms with Crippen LogP contribution in [0, 0.1) is 5.41 Å². The number of nitrogens with zero attached hydrogens (tertiary/aromatic N) is 1. The molecular formula is C23H23F3N4O6S2. The monoisotopic (exact) mass is 572 g/mol. The third-order valence-electron chi connectivity index (χ3n) is 5.29. The van der Waals surface area contributed by atoms with Crippen molar-refractivity contribution in [3.8, 4) is 5.75 Å². The summed E-state index contributed by atoms with van der Waals surface area (Å²) in [4.78, 5) is 24.6. The Labute approximate surface area is 219 Å². The summed E-state index contributed by atoms with van der Waals surface area (Å²) in [6, 6.07) is 12.1. The van der Waals surface area contributed by atoms with Gasteiger partial charge in [0, 0.05) is 6.54 Å². The van der Waals surface area contributed by atoms with Crippen molar-refractivity contribution in [1.29, 1.82) is 5.41 Å². The van der Waals surface area contributed by atoms with E-state index in [0.29, 0.717) is 11.1 Å². The van der Waals surface area contributed by atoms with E-state index in [9.17, 15) is 31.2 Å². The molecule has 0 bridgehead atoms. The van der Waals surface area contributed by atoms with Gasteiger partial charge in [0.05, 0.1) is 16.9 Å². The lowest BCUT2D eigenvalue weighted by atomic mass is 10.1. The largest absolute Gasteiger partial charge is 0.497 e. The third-order valence-corrected chi connectivity index (χ3v) is 7.67. The number of carbonyl (C=O) groups is 2. The highest BCUT2D eigenvalue weighted by molar-refractivity contribution is 7.89. The number of sulfonamides is 1. The van der Waals surface area contributed by atoms with Crippen LogP contribution in [-0.2, 0) is 24.3 Å². The number of alkyl halides is 3. The SMILES string of the molecule is COc1ccc2ccc(S(=O)(=O)NC3CCN(COC(=O)C(F)(F)F)C3=O)cc2c1.N=C(N)c1cccs1. The van der Waals surface area contributed by atoms with E-state index in [0.717, 1.165) is 15.2 Å². The molecule has 15 heteroatoms. The average Bonchev–Trinajstić information content (AvgIpc) is 3.52. The van der Waals surface area contributed by atoms with E-state index in [-0.39, 0.29) is 23.7 Å². The van der Waals surface area contributed by atoms with Gasteiger partial charge >= 0.3 is 12.1 Å². The smallest absolute Gasteiger partial charge is 0.490 e. The van der Waals surface area contributed by atoms with E-state index >= 15 is 0 Å². The lowest BCUT2D eigenvalue weighted by Gasteiger charge is -2.17. The number of carbonyl (C=O) groups excluding carboxylic acids is 2.